The van der Waals surface area contributed by atoms with Gasteiger partial charge in [0.15, 0.2) is 5.58 Å². The van der Waals surface area contributed by atoms with Gasteiger partial charge in [-0.15, -0.1) is 0 Å². The molecule has 0 spiro atoms. The number of sulfonamides is 1. The number of carbonyl (C=O) groups excluding carboxylic acids is 1. The monoisotopic (exact) mass is 459 g/mol. The predicted octanol–water partition coefficient (Wildman–Crippen LogP) is 2.20. The molecule has 10 heteroatoms. The molecule has 9 nitrogen and oxygen atoms in total. The van der Waals surface area contributed by atoms with Crippen LogP contribution in [0.4, 0.5) is 5.69 Å². The van der Waals surface area contributed by atoms with Crippen molar-refractivity contribution in [3.63, 3.8) is 0 Å². The number of aryl methyl sites for hydroxylation is 1. The Morgan fingerprint density at radius 1 is 1.16 bits per heavy atom. The van der Waals surface area contributed by atoms with Gasteiger partial charge in [-0.3, -0.25) is 9.36 Å². The van der Waals surface area contributed by atoms with Gasteiger partial charge in [-0.1, -0.05) is 12.1 Å². The number of anilines is 1. The zero-order chi connectivity index (χ0) is 23.0. The highest BCUT2D eigenvalue weighted by Crippen LogP contribution is 2.31. The number of fused-ring (bicyclic) bond motifs is 1. The van der Waals surface area contributed by atoms with Crippen LogP contribution in [0, 0.1) is 5.92 Å². The molecular formula is C22H25N3O6S. The second-order valence-corrected chi connectivity index (χ2v) is 9.74. The van der Waals surface area contributed by atoms with Gasteiger partial charge in [-0.2, -0.15) is 4.31 Å². The van der Waals surface area contributed by atoms with Crippen LogP contribution in [0.3, 0.4) is 0 Å². The number of amides is 1. The standard InChI is InChI=1S/C22H25N3O6S/c1-23(17-6-4-5-7-19(17)30-3)21(26)15-10-12-25(13-11-15)32(28,29)16-8-9-18-20(14-16)31-22(27)24(18)2/h4-9,14-15H,10-13H2,1-3H3. The summed E-state index contributed by atoms with van der Waals surface area (Å²) in [7, 11) is 1.04. The average Bonchev–Trinajstić information content (AvgIpc) is 3.10. The molecule has 32 heavy (non-hydrogen) atoms. The SMILES string of the molecule is COc1ccccc1N(C)C(=O)C1CCN(S(=O)(=O)c2ccc3c(c2)oc(=O)n3C)CC1. The number of hydrogen-bond donors (Lipinski definition) is 0. The van der Waals surface area contributed by atoms with E-state index in [0.717, 1.165) is 0 Å². The minimum absolute atomic E-state index is 0.0651. The first-order chi connectivity index (χ1) is 15.2. The summed E-state index contributed by atoms with van der Waals surface area (Å²) in [5.74, 6) is -0.302. The van der Waals surface area contributed by atoms with Gasteiger partial charge >= 0.3 is 5.76 Å². The molecule has 0 saturated carbocycles. The van der Waals surface area contributed by atoms with Gasteiger partial charge in [-0.25, -0.2) is 13.2 Å². The van der Waals surface area contributed by atoms with Crippen molar-refractivity contribution in [1.82, 2.24) is 8.87 Å². The number of para-hydroxylation sites is 2. The molecule has 0 unspecified atom stereocenters. The number of carbonyl (C=O) groups is 1. The molecule has 1 amide bonds. The van der Waals surface area contributed by atoms with Crippen molar-refractivity contribution in [2.75, 3.05) is 32.1 Å². The lowest BCUT2D eigenvalue weighted by Crippen LogP contribution is -2.43. The summed E-state index contributed by atoms with van der Waals surface area (Å²) in [4.78, 5) is 26.4. The van der Waals surface area contributed by atoms with Crippen LogP contribution in [0.5, 0.6) is 5.75 Å². The Morgan fingerprint density at radius 2 is 1.84 bits per heavy atom. The molecule has 4 rings (SSSR count). The molecule has 1 aliphatic heterocycles. The van der Waals surface area contributed by atoms with E-state index in [1.54, 1.807) is 38.2 Å². The van der Waals surface area contributed by atoms with E-state index in [2.05, 4.69) is 0 Å². The molecule has 1 saturated heterocycles. The van der Waals surface area contributed by atoms with Crippen molar-refractivity contribution in [3.05, 3.63) is 53.0 Å². The van der Waals surface area contributed by atoms with Crippen molar-refractivity contribution in [1.29, 1.82) is 0 Å². The van der Waals surface area contributed by atoms with Crippen molar-refractivity contribution in [3.8, 4) is 5.75 Å². The Morgan fingerprint density at radius 3 is 2.53 bits per heavy atom. The molecule has 0 N–H and O–H groups in total. The highest BCUT2D eigenvalue weighted by Gasteiger charge is 2.34. The van der Waals surface area contributed by atoms with Gasteiger partial charge in [0.05, 0.1) is 23.2 Å². The third kappa shape index (κ3) is 3.80. The summed E-state index contributed by atoms with van der Waals surface area (Å²) in [5.41, 5.74) is 1.42. The topological polar surface area (TPSA) is 102 Å². The molecule has 2 aromatic carbocycles. The summed E-state index contributed by atoms with van der Waals surface area (Å²) in [6.07, 6.45) is 0.834. The largest absolute Gasteiger partial charge is 0.495 e. The van der Waals surface area contributed by atoms with Crippen LogP contribution >= 0.6 is 0 Å². The first kappa shape index (κ1) is 22.1. The van der Waals surface area contributed by atoms with Crippen molar-refractivity contribution in [2.24, 2.45) is 13.0 Å². The van der Waals surface area contributed by atoms with Gasteiger partial charge < -0.3 is 14.1 Å². The highest BCUT2D eigenvalue weighted by atomic mass is 32.2. The lowest BCUT2D eigenvalue weighted by molar-refractivity contribution is -0.123. The smallest absolute Gasteiger partial charge is 0.419 e. The first-order valence-electron chi connectivity index (χ1n) is 10.2. The van der Waals surface area contributed by atoms with Crippen LogP contribution in [0.1, 0.15) is 12.8 Å². The van der Waals surface area contributed by atoms with E-state index in [0.29, 0.717) is 29.8 Å². The van der Waals surface area contributed by atoms with Crippen LogP contribution in [-0.4, -0.2) is 50.4 Å². The predicted molar refractivity (Wildman–Crippen MR) is 119 cm³/mol. The van der Waals surface area contributed by atoms with Gasteiger partial charge in [0.1, 0.15) is 5.75 Å². The van der Waals surface area contributed by atoms with Crippen molar-refractivity contribution < 1.29 is 22.4 Å². The molecule has 2 heterocycles. The molecule has 1 aliphatic rings. The molecular weight excluding hydrogens is 434 g/mol. The van der Waals surface area contributed by atoms with Crippen LogP contribution < -0.4 is 15.4 Å². The maximum atomic E-state index is 13.1. The summed E-state index contributed by atoms with van der Waals surface area (Å²) in [5, 5.41) is 0. The Hall–Kier alpha value is -3.11. The van der Waals surface area contributed by atoms with Crippen molar-refractivity contribution >= 4 is 32.7 Å². The average molecular weight is 460 g/mol. The normalized spacial score (nSPS) is 15.7. The molecule has 0 atom stereocenters. The van der Waals surface area contributed by atoms with E-state index < -0.39 is 15.8 Å². The third-order valence-electron chi connectivity index (χ3n) is 5.98. The van der Waals surface area contributed by atoms with Gasteiger partial charge in [0.25, 0.3) is 0 Å². The minimum Gasteiger partial charge on any atom is -0.495 e. The van der Waals surface area contributed by atoms with E-state index >= 15 is 0 Å². The Balaban J connectivity index is 1.48. The van der Waals surface area contributed by atoms with Crippen LogP contribution in [0.25, 0.3) is 11.1 Å². The van der Waals surface area contributed by atoms with E-state index in [9.17, 15) is 18.0 Å². The zero-order valence-electron chi connectivity index (χ0n) is 18.1. The summed E-state index contributed by atoms with van der Waals surface area (Å²) in [6, 6.07) is 11.7. The number of methoxy groups -OCH3 is 1. The van der Waals surface area contributed by atoms with E-state index in [1.807, 2.05) is 18.2 Å². The fourth-order valence-electron chi connectivity index (χ4n) is 4.07. The van der Waals surface area contributed by atoms with Crippen molar-refractivity contribution in [2.45, 2.75) is 17.7 Å². The zero-order valence-corrected chi connectivity index (χ0v) is 19.0. The molecule has 170 valence electrons. The quantitative estimate of drug-likeness (QED) is 0.580. The number of rotatable bonds is 5. The highest BCUT2D eigenvalue weighted by molar-refractivity contribution is 7.89. The lowest BCUT2D eigenvalue weighted by Gasteiger charge is -2.32. The lowest BCUT2D eigenvalue weighted by atomic mass is 9.96. The second kappa shape index (κ2) is 8.44. The number of benzene rings is 2. The molecule has 0 bridgehead atoms. The van der Waals surface area contributed by atoms with E-state index in [1.165, 1.54) is 21.0 Å². The number of aromatic nitrogens is 1. The third-order valence-corrected chi connectivity index (χ3v) is 7.88. The molecule has 0 radical (unpaired) electrons. The fourth-order valence-corrected chi connectivity index (χ4v) is 5.55. The van der Waals surface area contributed by atoms with Crippen LogP contribution in [0.2, 0.25) is 0 Å². The maximum absolute atomic E-state index is 13.1. The number of nitrogens with zero attached hydrogens (tertiary/aromatic N) is 3. The van der Waals surface area contributed by atoms with Gasteiger partial charge in [0.2, 0.25) is 15.9 Å². The van der Waals surface area contributed by atoms with E-state index in [-0.39, 0.29) is 35.4 Å². The number of piperidine rings is 1. The van der Waals surface area contributed by atoms with Gasteiger partial charge in [-0.05, 0) is 37.1 Å². The maximum Gasteiger partial charge on any atom is 0.419 e. The number of ether oxygens (including phenoxy) is 1. The summed E-state index contributed by atoms with van der Waals surface area (Å²) >= 11 is 0. The number of hydrogen-bond acceptors (Lipinski definition) is 6. The number of oxazole rings is 1. The molecule has 1 aromatic heterocycles. The Kier molecular flexibility index (Phi) is 5.83. The van der Waals surface area contributed by atoms with E-state index in [4.69, 9.17) is 9.15 Å². The van der Waals surface area contributed by atoms with Crippen LogP contribution in [0.15, 0.2) is 56.6 Å². The molecule has 3 aromatic rings. The fraction of sp³-hybridized carbons (Fsp3) is 0.364. The Bertz CT molecular complexity index is 1320. The molecule has 1 fully saturated rings. The minimum atomic E-state index is -3.77. The summed E-state index contributed by atoms with van der Waals surface area (Å²) in [6.45, 7) is 0.463. The van der Waals surface area contributed by atoms with Crippen LogP contribution in [-0.2, 0) is 21.9 Å². The molecule has 0 aliphatic carbocycles. The second-order valence-electron chi connectivity index (χ2n) is 7.80. The van der Waals surface area contributed by atoms with Gasteiger partial charge in [0, 0.05) is 39.2 Å². The Labute approximate surface area is 185 Å². The summed E-state index contributed by atoms with van der Waals surface area (Å²) < 4.78 is 39.4. The first-order valence-corrected chi connectivity index (χ1v) is 11.7.